The second-order valence-corrected chi connectivity index (χ2v) is 5.82. The van der Waals surface area contributed by atoms with Crippen LogP contribution >= 0.6 is 0 Å². The van der Waals surface area contributed by atoms with E-state index in [0.717, 1.165) is 12.0 Å². The topological polar surface area (TPSA) is 71.1 Å². The number of nitrogens with zero attached hydrogens (tertiary/aromatic N) is 2. The van der Waals surface area contributed by atoms with Crippen LogP contribution in [0.25, 0.3) is 0 Å². The number of ether oxygens (including phenoxy) is 2. The molecule has 1 aromatic rings. The maximum Gasteiger partial charge on any atom is 0.324 e. The van der Waals surface area contributed by atoms with Gasteiger partial charge >= 0.3 is 6.03 Å². The molecule has 7 heteroatoms. The van der Waals surface area contributed by atoms with Gasteiger partial charge in [-0.25, -0.2) is 4.79 Å². The summed E-state index contributed by atoms with van der Waals surface area (Å²) in [6.07, 6.45) is 0.765. The number of rotatable bonds is 7. The molecule has 0 radical (unpaired) electrons. The van der Waals surface area contributed by atoms with Gasteiger partial charge in [0.1, 0.15) is 0 Å². The third-order valence-corrected chi connectivity index (χ3v) is 4.34. The molecular weight excluding hydrogens is 310 g/mol. The Morgan fingerprint density at radius 2 is 2.04 bits per heavy atom. The number of methoxy groups -OCH3 is 2. The highest BCUT2D eigenvalue weighted by atomic mass is 16.5. The van der Waals surface area contributed by atoms with Gasteiger partial charge in [-0.15, -0.1) is 0 Å². The number of carbonyl (C=O) groups is 2. The van der Waals surface area contributed by atoms with Crippen molar-refractivity contribution in [2.45, 2.75) is 19.4 Å². The van der Waals surface area contributed by atoms with Gasteiger partial charge in [-0.3, -0.25) is 14.6 Å². The van der Waals surface area contributed by atoms with Gasteiger partial charge < -0.3 is 14.8 Å². The van der Waals surface area contributed by atoms with E-state index in [1.807, 2.05) is 37.1 Å². The number of urea groups is 1. The Bertz CT molecular complexity index is 605. The summed E-state index contributed by atoms with van der Waals surface area (Å²) in [5.74, 6) is 1.22. The molecule has 0 bridgehead atoms. The Morgan fingerprint density at radius 3 is 2.62 bits per heavy atom. The van der Waals surface area contributed by atoms with Crippen LogP contribution in [0.2, 0.25) is 0 Å². The maximum atomic E-state index is 12.4. The highest BCUT2D eigenvalue weighted by Crippen LogP contribution is 2.27. The summed E-state index contributed by atoms with van der Waals surface area (Å²) in [6, 6.07) is 5.13. The third kappa shape index (κ3) is 3.97. The molecule has 0 aliphatic carbocycles. The summed E-state index contributed by atoms with van der Waals surface area (Å²) >= 11 is 0. The predicted molar refractivity (Wildman–Crippen MR) is 90.5 cm³/mol. The van der Waals surface area contributed by atoms with Crippen molar-refractivity contribution in [3.8, 4) is 11.5 Å². The predicted octanol–water partition coefficient (Wildman–Crippen LogP) is 1.12. The molecule has 3 amide bonds. The summed E-state index contributed by atoms with van der Waals surface area (Å²) in [5, 5.41) is 2.65. The van der Waals surface area contributed by atoms with Crippen molar-refractivity contribution in [1.29, 1.82) is 0 Å². The first kappa shape index (κ1) is 18.1. The first-order chi connectivity index (χ1) is 11.5. The van der Waals surface area contributed by atoms with Gasteiger partial charge in [-0.2, -0.15) is 0 Å². The smallest absolute Gasteiger partial charge is 0.324 e. The van der Waals surface area contributed by atoms with Gasteiger partial charge in [0.25, 0.3) is 0 Å². The second-order valence-electron chi connectivity index (χ2n) is 5.82. The SMILES string of the molecule is COc1ccc(CCN(C)[C@H](C)C(=O)N2CCNC2=O)cc1OC. The summed E-state index contributed by atoms with van der Waals surface area (Å²) in [6.45, 7) is 3.47. The Balaban J connectivity index is 1.93. The largest absolute Gasteiger partial charge is 0.493 e. The van der Waals surface area contributed by atoms with Gasteiger partial charge in [-0.05, 0) is 38.1 Å². The zero-order valence-corrected chi connectivity index (χ0v) is 14.7. The molecule has 2 rings (SSSR count). The van der Waals surface area contributed by atoms with E-state index in [1.54, 1.807) is 14.2 Å². The molecule has 0 saturated carbocycles. The lowest BCUT2D eigenvalue weighted by Crippen LogP contribution is -2.47. The lowest BCUT2D eigenvalue weighted by molar-refractivity contribution is -0.132. The van der Waals surface area contributed by atoms with Crippen molar-refractivity contribution in [3.63, 3.8) is 0 Å². The Hall–Kier alpha value is -2.28. The number of amides is 3. The number of benzene rings is 1. The van der Waals surface area contributed by atoms with Crippen LogP contribution in [0.15, 0.2) is 18.2 Å². The Morgan fingerprint density at radius 1 is 1.33 bits per heavy atom. The molecule has 0 aromatic heterocycles. The third-order valence-electron chi connectivity index (χ3n) is 4.34. The number of hydrogen-bond donors (Lipinski definition) is 1. The molecule has 1 saturated heterocycles. The van der Waals surface area contributed by atoms with Gasteiger partial charge in [0.05, 0.1) is 20.3 Å². The molecule has 1 aliphatic rings. The van der Waals surface area contributed by atoms with Crippen molar-refractivity contribution in [3.05, 3.63) is 23.8 Å². The van der Waals surface area contributed by atoms with Crippen LogP contribution in [0.5, 0.6) is 11.5 Å². The second kappa shape index (κ2) is 8.01. The Kier molecular flexibility index (Phi) is 6.03. The van der Waals surface area contributed by atoms with Crippen LogP contribution in [0, 0.1) is 0 Å². The fourth-order valence-corrected chi connectivity index (χ4v) is 2.63. The number of likely N-dealkylation sites (N-methyl/N-ethyl adjacent to an activating group) is 1. The van der Waals surface area contributed by atoms with Crippen LogP contribution in [-0.4, -0.2) is 68.7 Å². The average molecular weight is 335 g/mol. The normalized spacial score (nSPS) is 15.4. The van der Waals surface area contributed by atoms with Crippen molar-refractivity contribution in [2.24, 2.45) is 0 Å². The molecule has 1 aliphatic heterocycles. The van der Waals surface area contributed by atoms with E-state index >= 15 is 0 Å². The lowest BCUT2D eigenvalue weighted by Gasteiger charge is -2.26. The Labute approximate surface area is 142 Å². The molecule has 1 atom stereocenters. The fourth-order valence-electron chi connectivity index (χ4n) is 2.63. The maximum absolute atomic E-state index is 12.4. The van der Waals surface area contributed by atoms with E-state index in [2.05, 4.69) is 5.32 Å². The van der Waals surface area contributed by atoms with E-state index < -0.39 is 0 Å². The minimum atomic E-state index is -0.353. The monoisotopic (exact) mass is 335 g/mol. The first-order valence-corrected chi connectivity index (χ1v) is 7.98. The van der Waals surface area contributed by atoms with Crippen molar-refractivity contribution in [2.75, 3.05) is 40.9 Å². The quantitative estimate of drug-likeness (QED) is 0.808. The van der Waals surface area contributed by atoms with Crippen LogP contribution in [0.1, 0.15) is 12.5 Å². The molecule has 1 fully saturated rings. The lowest BCUT2D eigenvalue weighted by atomic mass is 10.1. The van der Waals surface area contributed by atoms with Gasteiger partial charge in [-0.1, -0.05) is 6.07 Å². The number of imide groups is 1. The average Bonchev–Trinajstić information content (AvgIpc) is 3.03. The van der Waals surface area contributed by atoms with Crippen molar-refractivity contribution in [1.82, 2.24) is 15.1 Å². The molecule has 24 heavy (non-hydrogen) atoms. The van der Waals surface area contributed by atoms with E-state index in [9.17, 15) is 9.59 Å². The summed E-state index contributed by atoms with van der Waals surface area (Å²) in [4.78, 5) is 27.2. The standard InChI is InChI=1S/C17H25N3O4/c1-12(16(21)20-10-8-18-17(20)22)19(2)9-7-13-5-6-14(23-3)15(11-13)24-4/h5-6,11-12H,7-10H2,1-4H3,(H,18,22)/t12-/m1/s1. The number of carbonyl (C=O) groups excluding carboxylic acids is 2. The molecule has 7 nitrogen and oxygen atoms in total. The van der Waals surface area contributed by atoms with Crippen LogP contribution < -0.4 is 14.8 Å². The van der Waals surface area contributed by atoms with Gasteiger partial charge in [0.2, 0.25) is 5.91 Å². The molecule has 0 unspecified atom stereocenters. The van der Waals surface area contributed by atoms with Crippen LogP contribution in [0.4, 0.5) is 4.79 Å². The fraction of sp³-hybridized carbons (Fsp3) is 0.529. The molecule has 132 valence electrons. The summed E-state index contributed by atoms with van der Waals surface area (Å²) in [5.41, 5.74) is 1.10. The molecular formula is C17H25N3O4. The van der Waals surface area contributed by atoms with Gasteiger partial charge in [0, 0.05) is 19.6 Å². The van der Waals surface area contributed by atoms with E-state index in [1.165, 1.54) is 4.90 Å². The van der Waals surface area contributed by atoms with E-state index in [0.29, 0.717) is 31.1 Å². The minimum absolute atomic E-state index is 0.167. The summed E-state index contributed by atoms with van der Waals surface area (Å²) in [7, 11) is 5.10. The summed E-state index contributed by atoms with van der Waals surface area (Å²) < 4.78 is 10.5. The van der Waals surface area contributed by atoms with E-state index in [-0.39, 0.29) is 18.0 Å². The molecule has 1 aromatic carbocycles. The zero-order chi connectivity index (χ0) is 17.7. The molecule has 0 spiro atoms. The van der Waals surface area contributed by atoms with Gasteiger partial charge in [0.15, 0.2) is 11.5 Å². The molecule has 1 heterocycles. The number of nitrogens with one attached hydrogen (secondary N) is 1. The van der Waals surface area contributed by atoms with Crippen LogP contribution in [-0.2, 0) is 11.2 Å². The van der Waals surface area contributed by atoms with Crippen LogP contribution in [0.3, 0.4) is 0 Å². The number of hydrogen-bond acceptors (Lipinski definition) is 5. The van der Waals surface area contributed by atoms with Crippen molar-refractivity contribution >= 4 is 11.9 Å². The van der Waals surface area contributed by atoms with E-state index in [4.69, 9.17) is 9.47 Å². The molecule has 1 N–H and O–H groups in total. The minimum Gasteiger partial charge on any atom is -0.493 e. The highest BCUT2D eigenvalue weighted by Gasteiger charge is 2.31. The highest BCUT2D eigenvalue weighted by molar-refractivity contribution is 5.98. The van der Waals surface area contributed by atoms with Crippen molar-refractivity contribution < 1.29 is 19.1 Å². The first-order valence-electron chi connectivity index (χ1n) is 7.98. The zero-order valence-electron chi connectivity index (χ0n) is 14.7.